The van der Waals surface area contributed by atoms with Gasteiger partial charge in [-0.2, -0.15) is 0 Å². The molecule has 0 aromatic heterocycles. The number of piperidine rings is 1. The van der Waals surface area contributed by atoms with Crippen LogP contribution in [0.1, 0.15) is 63.6 Å². The molecule has 0 radical (unpaired) electrons. The number of halogens is 2. The fraction of sp³-hybridized carbons (Fsp3) is 0.464. The molecule has 5 atom stereocenters. The second-order valence-electron chi connectivity index (χ2n) is 9.77. The van der Waals surface area contributed by atoms with Crippen LogP contribution in [0.15, 0.2) is 61.2 Å². The highest BCUT2D eigenvalue weighted by atomic mass is 35.5. The Bertz CT molecular complexity index is 1040. The van der Waals surface area contributed by atoms with Gasteiger partial charge in [0.1, 0.15) is 0 Å². The molecule has 190 valence electrons. The first kappa shape index (κ1) is 27.9. The van der Waals surface area contributed by atoms with Crippen molar-refractivity contribution in [1.29, 1.82) is 0 Å². The third-order valence-corrected chi connectivity index (χ3v) is 8.25. The number of benzene rings is 2. The fourth-order valence-electron chi connectivity index (χ4n) is 4.82. The minimum Gasteiger partial charge on any atom is -0.329 e. The van der Waals surface area contributed by atoms with Gasteiger partial charge in [0.2, 0.25) is 5.91 Å². The van der Waals surface area contributed by atoms with Crippen molar-refractivity contribution in [2.45, 2.75) is 63.8 Å². The molecule has 1 heterocycles. The van der Waals surface area contributed by atoms with Crippen LogP contribution < -0.4 is 0 Å². The summed E-state index contributed by atoms with van der Waals surface area (Å²) in [6.07, 6.45) is 3.08. The molecule has 0 aliphatic carbocycles. The highest BCUT2D eigenvalue weighted by Crippen LogP contribution is 2.48. The van der Waals surface area contributed by atoms with Crippen molar-refractivity contribution in [2.24, 2.45) is 11.8 Å². The summed E-state index contributed by atoms with van der Waals surface area (Å²) in [4.78, 5) is 16.0. The molecule has 4 nitrogen and oxygen atoms in total. The molecule has 3 rings (SSSR count). The molecule has 0 bridgehead atoms. The largest absolute Gasteiger partial charge is 0.329 e. The molecular formula is C28H35Cl2NO3S. The first-order valence-electron chi connectivity index (χ1n) is 12.1. The lowest BCUT2D eigenvalue weighted by Crippen LogP contribution is -2.54. The van der Waals surface area contributed by atoms with E-state index in [1.165, 1.54) is 0 Å². The molecule has 1 fully saturated rings. The molecule has 35 heavy (non-hydrogen) atoms. The van der Waals surface area contributed by atoms with Crippen LogP contribution in [0.4, 0.5) is 0 Å². The number of likely N-dealkylation sites (tertiary alicyclic amines) is 1. The van der Waals surface area contributed by atoms with Crippen LogP contribution in [0.25, 0.3) is 0 Å². The molecular weight excluding hydrogens is 501 g/mol. The minimum atomic E-state index is -1.43. The van der Waals surface area contributed by atoms with Crippen LogP contribution in [-0.2, 0) is 20.1 Å². The van der Waals surface area contributed by atoms with Crippen molar-refractivity contribution in [2.75, 3.05) is 6.61 Å². The number of nitrogens with zero attached hydrogens (tertiary/aromatic N) is 1. The second kappa shape index (κ2) is 12.5. The van der Waals surface area contributed by atoms with Crippen molar-refractivity contribution in [3.63, 3.8) is 0 Å². The zero-order chi connectivity index (χ0) is 25.7. The smallest absolute Gasteiger partial charge is 0.226 e. The summed E-state index contributed by atoms with van der Waals surface area (Å²) in [5, 5.41) is 1.18. The fourth-order valence-corrected chi connectivity index (χ4v) is 5.69. The maximum Gasteiger partial charge on any atom is 0.226 e. The van der Waals surface area contributed by atoms with Gasteiger partial charge in [-0.3, -0.25) is 8.98 Å². The highest BCUT2D eigenvalue weighted by Gasteiger charge is 2.46. The zero-order valence-corrected chi connectivity index (χ0v) is 23.2. The lowest BCUT2D eigenvalue weighted by molar-refractivity contribution is -0.149. The SMILES string of the molecule is C=CCC1C[C@H](c2cccc(Cl)c2)C(c2ccc(Cl)cc2)N([C@H](COS(=O)C(C)C)C(C)C)C1=O. The van der Waals surface area contributed by atoms with Crippen LogP contribution in [-0.4, -0.2) is 32.9 Å². The van der Waals surface area contributed by atoms with Gasteiger partial charge in [-0.25, -0.2) is 4.21 Å². The number of allylic oxidation sites excluding steroid dienone is 1. The first-order chi connectivity index (χ1) is 16.6. The Morgan fingerprint density at radius 2 is 1.77 bits per heavy atom. The van der Waals surface area contributed by atoms with E-state index in [0.717, 1.165) is 11.1 Å². The van der Waals surface area contributed by atoms with Gasteiger partial charge in [-0.1, -0.05) is 67.4 Å². The summed E-state index contributed by atoms with van der Waals surface area (Å²) < 4.78 is 18.3. The number of hydrogen-bond donors (Lipinski definition) is 0. The van der Waals surface area contributed by atoms with Gasteiger partial charge < -0.3 is 4.90 Å². The van der Waals surface area contributed by atoms with E-state index in [1.54, 1.807) is 0 Å². The molecule has 1 saturated heterocycles. The molecule has 1 aliphatic heterocycles. The van der Waals surface area contributed by atoms with Gasteiger partial charge >= 0.3 is 0 Å². The third-order valence-electron chi connectivity index (χ3n) is 6.63. The van der Waals surface area contributed by atoms with E-state index in [9.17, 15) is 9.00 Å². The summed E-state index contributed by atoms with van der Waals surface area (Å²) in [5.41, 5.74) is 2.08. The summed E-state index contributed by atoms with van der Waals surface area (Å²) >= 11 is 11.2. The molecule has 7 heteroatoms. The van der Waals surface area contributed by atoms with E-state index in [2.05, 4.69) is 26.5 Å². The zero-order valence-electron chi connectivity index (χ0n) is 20.8. The van der Waals surface area contributed by atoms with E-state index in [-0.39, 0.29) is 47.6 Å². The third kappa shape index (κ3) is 6.76. The molecule has 0 saturated carbocycles. The van der Waals surface area contributed by atoms with Crippen molar-refractivity contribution >= 4 is 40.2 Å². The minimum absolute atomic E-state index is 0.00868. The lowest BCUT2D eigenvalue weighted by Gasteiger charge is -2.49. The highest BCUT2D eigenvalue weighted by molar-refractivity contribution is 7.80. The van der Waals surface area contributed by atoms with Crippen molar-refractivity contribution in [3.8, 4) is 0 Å². The summed E-state index contributed by atoms with van der Waals surface area (Å²) in [6.45, 7) is 12.0. The molecule has 2 aromatic carbocycles. The van der Waals surface area contributed by atoms with E-state index < -0.39 is 11.1 Å². The summed E-state index contributed by atoms with van der Waals surface area (Å²) in [7, 11) is 0. The Labute approximate surface area is 222 Å². The monoisotopic (exact) mass is 535 g/mol. The van der Waals surface area contributed by atoms with Gasteiger partial charge in [0.25, 0.3) is 0 Å². The molecule has 3 unspecified atom stereocenters. The molecule has 0 N–H and O–H groups in total. The Hall–Kier alpha value is -1.66. The van der Waals surface area contributed by atoms with Gasteiger partial charge in [-0.15, -0.1) is 6.58 Å². The quantitative estimate of drug-likeness (QED) is 0.298. The van der Waals surface area contributed by atoms with Crippen LogP contribution in [0.2, 0.25) is 10.0 Å². The number of rotatable bonds is 10. The van der Waals surface area contributed by atoms with Crippen LogP contribution in [0.5, 0.6) is 0 Å². The maximum atomic E-state index is 14.0. The Morgan fingerprint density at radius 1 is 1.09 bits per heavy atom. The van der Waals surface area contributed by atoms with Gasteiger partial charge in [0.05, 0.1) is 23.9 Å². The molecule has 1 aliphatic rings. The molecule has 2 aromatic rings. The van der Waals surface area contributed by atoms with E-state index >= 15 is 0 Å². The van der Waals surface area contributed by atoms with Crippen LogP contribution in [0, 0.1) is 11.8 Å². The average molecular weight is 537 g/mol. The standard InChI is InChI=1S/C28H35Cl2NO3S/c1-6-8-22-16-25(21-9-7-10-24(30)15-21)27(20-11-13-23(29)14-12-20)31(28(22)32)26(18(2)3)17-34-35(33)19(4)5/h6-7,9-15,18-19,22,25-27H,1,8,16-17H2,2-5H3/t22?,25-,26-,27?,35?/m1/s1. The maximum absolute atomic E-state index is 14.0. The number of amides is 1. The summed E-state index contributed by atoms with van der Waals surface area (Å²) in [5.74, 6) is -0.0487. The summed E-state index contributed by atoms with van der Waals surface area (Å²) in [6, 6.07) is 15.1. The Morgan fingerprint density at radius 3 is 2.34 bits per heavy atom. The normalized spacial score (nSPS) is 22.5. The first-order valence-corrected chi connectivity index (χ1v) is 14.0. The predicted molar refractivity (Wildman–Crippen MR) is 146 cm³/mol. The Balaban J connectivity index is 2.15. The average Bonchev–Trinajstić information content (AvgIpc) is 2.81. The molecule has 0 spiro atoms. The topological polar surface area (TPSA) is 46.6 Å². The van der Waals surface area contributed by atoms with E-state index in [0.29, 0.717) is 22.9 Å². The van der Waals surface area contributed by atoms with Gasteiger partial charge in [0.15, 0.2) is 11.1 Å². The Kier molecular flexibility index (Phi) is 10.00. The van der Waals surface area contributed by atoms with Crippen LogP contribution >= 0.6 is 23.2 Å². The number of carbonyl (C=O) groups excluding carboxylic acids is 1. The molecule has 1 amide bonds. The number of hydrogen-bond acceptors (Lipinski definition) is 3. The predicted octanol–water partition coefficient (Wildman–Crippen LogP) is 7.36. The van der Waals surface area contributed by atoms with Gasteiger partial charge in [-0.05, 0) is 68.0 Å². The second-order valence-corrected chi connectivity index (χ2v) is 12.3. The van der Waals surface area contributed by atoms with E-state index in [1.807, 2.05) is 67.3 Å². The number of carbonyl (C=O) groups is 1. The van der Waals surface area contributed by atoms with Crippen molar-refractivity contribution in [3.05, 3.63) is 82.4 Å². The lowest BCUT2D eigenvalue weighted by atomic mass is 9.74. The van der Waals surface area contributed by atoms with Crippen LogP contribution in [0.3, 0.4) is 0 Å². The van der Waals surface area contributed by atoms with Gasteiger partial charge in [0, 0.05) is 21.9 Å². The van der Waals surface area contributed by atoms with Crippen molar-refractivity contribution in [1.82, 2.24) is 4.90 Å². The van der Waals surface area contributed by atoms with E-state index in [4.69, 9.17) is 27.4 Å². The van der Waals surface area contributed by atoms with Crippen molar-refractivity contribution < 1.29 is 13.2 Å².